The second-order valence-electron chi connectivity index (χ2n) is 3.84. The van der Waals surface area contributed by atoms with Crippen LogP contribution in [-0.4, -0.2) is 70.8 Å². The predicted molar refractivity (Wildman–Crippen MR) is 76.7 cm³/mol. The summed E-state index contributed by atoms with van der Waals surface area (Å²) in [5.41, 5.74) is -0.0770. The van der Waals surface area contributed by atoms with Gasteiger partial charge in [0.1, 0.15) is 6.61 Å². The van der Waals surface area contributed by atoms with Gasteiger partial charge in [-0.05, 0) is 0 Å². The minimum absolute atomic E-state index is 0.0620. The van der Waals surface area contributed by atoms with Crippen molar-refractivity contribution in [2.45, 2.75) is 6.92 Å². The molecule has 118 valence electrons. The molecule has 0 heterocycles. The van der Waals surface area contributed by atoms with E-state index in [-0.39, 0.29) is 18.0 Å². The first kappa shape index (κ1) is 19.4. The van der Waals surface area contributed by atoms with Crippen LogP contribution in [0.1, 0.15) is 6.92 Å². The molecular weight excluding hydrogens is 285 g/mol. The second kappa shape index (κ2) is 14.8. The first-order valence-electron chi connectivity index (χ1n) is 6.46. The first-order valence-corrected chi connectivity index (χ1v) is 7.04. The Bertz CT molecular complexity index is 238. The van der Waals surface area contributed by atoms with E-state index < -0.39 is 0 Å². The molecule has 0 aliphatic heterocycles. The minimum atomic E-state index is -0.0770. The quantitative estimate of drug-likeness (QED) is 0.347. The minimum Gasteiger partial charge on any atom is -0.377 e. The van der Waals surface area contributed by atoms with Gasteiger partial charge in [0.15, 0.2) is 5.52 Å². The first-order chi connectivity index (χ1) is 9.63. The Labute approximate surface area is 121 Å². The lowest BCUT2D eigenvalue weighted by molar-refractivity contribution is -0.119. The van der Waals surface area contributed by atoms with Gasteiger partial charge in [0.2, 0.25) is 5.91 Å². The summed E-state index contributed by atoms with van der Waals surface area (Å²) in [7, 11) is 2.05. The molecule has 20 heavy (non-hydrogen) atoms. The van der Waals surface area contributed by atoms with Crippen LogP contribution >= 0.6 is 9.24 Å². The lowest BCUT2D eigenvalue weighted by atomic mass is 10.6. The second-order valence-corrected chi connectivity index (χ2v) is 4.48. The van der Waals surface area contributed by atoms with Gasteiger partial charge in [-0.25, -0.2) is 0 Å². The van der Waals surface area contributed by atoms with Crippen LogP contribution in [0.15, 0.2) is 0 Å². The average molecular weight is 309 g/mol. The molecular formula is C12H24NO6P. The van der Waals surface area contributed by atoms with Crippen molar-refractivity contribution in [3.63, 3.8) is 0 Å². The molecule has 7 nitrogen and oxygen atoms in total. The van der Waals surface area contributed by atoms with Crippen LogP contribution in [0.25, 0.3) is 0 Å². The van der Waals surface area contributed by atoms with E-state index in [0.29, 0.717) is 52.8 Å². The molecule has 0 saturated carbocycles. The van der Waals surface area contributed by atoms with Crippen LogP contribution < -0.4 is 5.32 Å². The van der Waals surface area contributed by atoms with E-state index in [1.54, 1.807) is 0 Å². The maximum Gasteiger partial charge on any atom is 0.216 e. The van der Waals surface area contributed by atoms with Crippen LogP contribution in [0, 0.1) is 0 Å². The molecule has 0 aromatic heterocycles. The molecule has 0 radical (unpaired) electrons. The highest BCUT2D eigenvalue weighted by atomic mass is 31.0. The van der Waals surface area contributed by atoms with Gasteiger partial charge >= 0.3 is 0 Å². The number of carbonyl (C=O) groups is 2. The van der Waals surface area contributed by atoms with Gasteiger partial charge in [-0.3, -0.25) is 9.59 Å². The monoisotopic (exact) mass is 309 g/mol. The number of amides is 1. The van der Waals surface area contributed by atoms with Gasteiger partial charge in [0, 0.05) is 13.5 Å². The van der Waals surface area contributed by atoms with E-state index in [2.05, 4.69) is 5.32 Å². The Morgan fingerprint density at radius 2 is 1.30 bits per heavy atom. The third kappa shape index (κ3) is 17.4. The number of hydrogen-bond donors (Lipinski definition) is 1. The zero-order valence-electron chi connectivity index (χ0n) is 11.9. The normalized spacial score (nSPS) is 10.5. The number of carbonyl (C=O) groups excluding carboxylic acids is 2. The van der Waals surface area contributed by atoms with Gasteiger partial charge in [0.05, 0.1) is 46.2 Å². The molecule has 1 unspecified atom stereocenters. The van der Waals surface area contributed by atoms with Gasteiger partial charge in [0.25, 0.3) is 0 Å². The van der Waals surface area contributed by atoms with E-state index in [1.165, 1.54) is 6.92 Å². The molecule has 0 fully saturated rings. The maximum atomic E-state index is 10.5. The SMILES string of the molecule is CC(=O)NCCOCCOCCOCCOCC(=O)P. The highest BCUT2D eigenvalue weighted by Crippen LogP contribution is 1.87. The zero-order valence-corrected chi connectivity index (χ0v) is 13.0. The van der Waals surface area contributed by atoms with Gasteiger partial charge in [-0.1, -0.05) is 9.24 Å². The molecule has 0 saturated heterocycles. The molecule has 0 spiro atoms. The molecule has 1 amide bonds. The molecule has 0 aromatic rings. The van der Waals surface area contributed by atoms with Crippen molar-refractivity contribution in [1.29, 1.82) is 0 Å². The van der Waals surface area contributed by atoms with Crippen molar-refractivity contribution in [3.05, 3.63) is 0 Å². The van der Waals surface area contributed by atoms with Gasteiger partial charge in [-0.15, -0.1) is 0 Å². The summed E-state index contributed by atoms with van der Waals surface area (Å²) in [5, 5.41) is 2.63. The van der Waals surface area contributed by atoms with Crippen molar-refractivity contribution in [1.82, 2.24) is 5.32 Å². The Balaban J connectivity index is 2.99. The topological polar surface area (TPSA) is 83.1 Å². The summed E-state index contributed by atoms with van der Waals surface area (Å²) in [6.07, 6.45) is 0. The summed E-state index contributed by atoms with van der Waals surface area (Å²) >= 11 is 0. The Kier molecular flexibility index (Phi) is 14.4. The van der Waals surface area contributed by atoms with Crippen molar-refractivity contribution < 1.29 is 28.5 Å². The maximum absolute atomic E-state index is 10.5. The molecule has 1 N–H and O–H groups in total. The van der Waals surface area contributed by atoms with Crippen LogP contribution in [0.2, 0.25) is 0 Å². The molecule has 0 bridgehead atoms. The fourth-order valence-electron chi connectivity index (χ4n) is 1.13. The van der Waals surface area contributed by atoms with Crippen LogP contribution in [0.3, 0.4) is 0 Å². The smallest absolute Gasteiger partial charge is 0.216 e. The number of rotatable bonds is 14. The average Bonchev–Trinajstić information content (AvgIpc) is 2.38. The highest BCUT2D eigenvalue weighted by Gasteiger charge is 1.95. The zero-order chi connectivity index (χ0) is 15.1. The molecule has 0 aliphatic rings. The lowest BCUT2D eigenvalue weighted by Crippen LogP contribution is -2.25. The summed E-state index contributed by atoms with van der Waals surface area (Å²) in [6.45, 7) is 5.32. The standard InChI is InChI=1S/C12H24NO6P/c1-11(14)13-2-3-16-4-5-17-6-7-18-8-9-19-10-12(15)20/h2-10,20H2,1H3,(H,13,14). The fourth-order valence-corrected chi connectivity index (χ4v) is 1.25. The van der Waals surface area contributed by atoms with Crippen molar-refractivity contribution in [2.75, 3.05) is 59.4 Å². The molecule has 1 atom stereocenters. The van der Waals surface area contributed by atoms with E-state index in [4.69, 9.17) is 18.9 Å². The van der Waals surface area contributed by atoms with Gasteiger partial charge < -0.3 is 24.3 Å². The summed E-state index contributed by atoms with van der Waals surface area (Å²) in [6, 6.07) is 0. The lowest BCUT2D eigenvalue weighted by Gasteiger charge is -2.07. The van der Waals surface area contributed by atoms with Crippen LogP contribution in [-0.2, 0) is 28.5 Å². The molecule has 0 aliphatic carbocycles. The molecule has 0 aromatic carbocycles. The van der Waals surface area contributed by atoms with E-state index >= 15 is 0 Å². The fraction of sp³-hybridized carbons (Fsp3) is 0.833. The van der Waals surface area contributed by atoms with Crippen molar-refractivity contribution >= 4 is 20.7 Å². The number of hydrogen-bond acceptors (Lipinski definition) is 6. The van der Waals surface area contributed by atoms with E-state index in [9.17, 15) is 9.59 Å². The van der Waals surface area contributed by atoms with E-state index in [1.807, 2.05) is 9.24 Å². The van der Waals surface area contributed by atoms with E-state index in [0.717, 1.165) is 0 Å². The Morgan fingerprint density at radius 3 is 1.75 bits per heavy atom. The summed E-state index contributed by atoms with van der Waals surface area (Å²) in [4.78, 5) is 21.1. The third-order valence-electron chi connectivity index (χ3n) is 1.98. The summed E-state index contributed by atoms with van der Waals surface area (Å²) in [5.74, 6) is -0.0620. The summed E-state index contributed by atoms with van der Waals surface area (Å²) < 4.78 is 20.7. The van der Waals surface area contributed by atoms with Gasteiger partial charge in [-0.2, -0.15) is 0 Å². The van der Waals surface area contributed by atoms with Crippen LogP contribution in [0.4, 0.5) is 0 Å². The molecule has 8 heteroatoms. The number of ether oxygens (including phenoxy) is 4. The number of nitrogens with one attached hydrogen (secondary N) is 1. The van der Waals surface area contributed by atoms with Crippen molar-refractivity contribution in [3.8, 4) is 0 Å². The molecule has 0 rings (SSSR count). The third-order valence-corrected chi connectivity index (χ3v) is 2.15. The highest BCUT2D eigenvalue weighted by molar-refractivity contribution is 7.40. The Morgan fingerprint density at radius 1 is 0.850 bits per heavy atom. The Hall–Kier alpha value is -0.590. The van der Waals surface area contributed by atoms with Crippen LogP contribution in [0.5, 0.6) is 0 Å². The van der Waals surface area contributed by atoms with Crippen molar-refractivity contribution in [2.24, 2.45) is 0 Å². The predicted octanol–water partition coefficient (Wildman–Crippen LogP) is -0.409. The largest absolute Gasteiger partial charge is 0.377 e.